The Morgan fingerprint density at radius 2 is 1.67 bits per heavy atom. The van der Waals surface area contributed by atoms with Crippen molar-refractivity contribution in [2.75, 3.05) is 13.7 Å². The smallest absolute Gasteiger partial charge is 0.408 e. The van der Waals surface area contributed by atoms with Gasteiger partial charge in [0, 0.05) is 12.5 Å². The molecule has 3 N–H and O–H groups in total. The van der Waals surface area contributed by atoms with E-state index in [2.05, 4.69) is 29.8 Å². The lowest BCUT2D eigenvalue weighted by Crippen LogP contribution is -2.53. The van der Waals surface area contributed by atoms with E-state index in [4.69, 9.17) is 9.47 Å². The van der Waals surface area contributed by atoms with Crippen LogP contribution in [0.15, 0.2) is 0 Å². The summed E-state index contributed by atoms with van der Waals surface area (Å²) in [4.78, 5) is 49.8. The van der Waals surface area contributed by atoms with Crippen molar-refractivity contribution in [3.8, 4) is 0 Å². The van der Waals surface area contributed by atoms with Gasteiger partial charge in [0.25, 0.3) is 0 Å². The van der Waals surface area contributed by atoms with E-state index in [1.54, 1.807) is 0 Å². The average Bonchev–Trinajstić information content (AvgIpc) is 3.16. The quantitative estimate of drug-likeness (QED) is 0.424. The van der Waals surface area contributed by atoms with Crippen molar-refractivity contribution in [2.45, 2.75) is 90.8 Å². The molecule has 2 fully saturated rings. The lowest BCUT2D eigenvalue weighted by atomic mass is 9.80. The highest BCUT2D eigenvalue weighted by atomic mass is 16.6. The molecule has 0 aromatic heterocycles. The van der Waals surface area contributed by atoms with E-state index in [0.29, 0.717) is 31.2 Å². The minimum Gasteiger partial charge on any atom is -0.467 e. The van der Waals surface area contributed by atoms with E-state index in [1.807, 2.05) is 13.8 Å². The Morgan fingerprint density at radius 3 is 2.18 bits per heavy atom. The van der Waals surface area contributed by atoms with Crippen LogP contribution in [0.4, 0.5) is 4.79 Å². The average molecular weight is 468 g/mol. The third kappa shape index (κ3) is 8.51. The summed E-state index contributed by atoms with van der Waals surface area (Å²) in [6, 6.07) is -1.82. The van der Waals surface area contributed by atoms with Crippen molar-refractivity contribution in [3.05, 3.63) is 0 Å². The predicted octanol–water partition coefficient (Wildman–Crippen LogP) is 2.53. The molecule has 2 rings (SSSR count). The molecule has 188 valence electrons. The summed E-state index contributed by atoms with van der Waals surface area (Å²) in [5, 5.41) is 8.10. The van der Waals surface area contributed by atoms with Gasteiger partial charge in [0.2, 0.25) is 11.8 Å². The zero-order chi connectivity index (χ0) is 24.5. The van der Waals surface area contributed by atoms with Crippen LogP contribution >= 0.6 is 0 Å². The van der Waals surface area contributed by atoms with E-state index in [1.165, 1.54) is 7.11 Å². The third-order valence-electron chi connectivity index (χ3n) is 6.74. The Bertz CT molecular complexity index is 688. The summed E-state index contributed by atoms with van der Waals surface area (Å²) in [6.07, 6.45) is 4.08. The fourth-order valence-electron chi connectivity index (χ4n) is 4.69. The lowest BCUT2D eigenvalue weighted by molar-refractivity contribution is -0.146. The molecule has 9 heteroatoms. The fourth-order valence-corrected chi connectivity index (χ4v) is 4.69. The standard InChI is InChI=1S/C24H41N3O6/c1-14(2)12-19(27-24(31)33-18-8-6-16(7-9-18)15(3)4)22(29)26-20(23(30)32-5)13-17-10-11-25-21(17)28/h14-20H,6-13H2,1-5H3,(H,25,28)(H,26,29)(H,27,31)/t16?,17-,18?,19-,20-/m0/s1. The molecule has 0 radical (unpaired) electrons. The molecule has 9 nitrogen and oxygen atoms in total. The molecule has 1 heterocycles. The van der Waals surface area contributed by atoms with E-state index in [-0.39, 0.29) is 30.3 Å². The van der Waals surface area contributed by atoms with Gasteiger partial charge in [-0.3, -0.25) is 9.59 Å². The SMILES string of the molecule is COC(=O)[C@H](C[C@@H]1CCNC1=O)NC(=O)[C@H](CC(C)C)NC(=O)OC1CCC(C(C)C)CC1. The van der Waals surface area contributed by atoms with Gasteiger partial charge in [-0.1, -0.05) is 27.7 Å². The molecule has 0 unspecified atom stereocenters. The number of alkyl carbamates (subject to hydrolysis) is 1. The Balaban J connectivity index is 1.95. The molecule has 0 aromatic carbocycles. The van der Waals surface area contributed by atoms with Gasteiger partial charge in [-0.15, -0.1) is 0 Å². The highest BCUT2D eigenvalue weighted by Gasteiger charge is 2.34. The topological polar surface area (TPSA) is 123 Å². The van der Waals surface area contributed by atoms with Gasteiger partial charge in [-0.05, 0) is 62.7 Å². The first-order chi connectivity index (χ1) is 15.6. The summed E-state index contributed by atoms with van der Waals surface area (Å²) >= 11 is 0. The highest BCUT2D eigenvalue weighted by Crippen LogP contribution is 2.31. The monoisotopic (exact) mass is 467 g/mol. The van der Waals surface area contributed by atoms with E-state index in [0.717, 1.165) is 25.7 Å². The molecule has 1 aliphatic carbocycles. The second-order valence-electron chi connectivity index (χ2n) is 10.1. The van der Waals surface area contributed by atoms with Crippen LogP contribution in [0.1, 0.15) is 72.6 Å². The zero-order valence-electron chi connectivity index (χ0n) is 20.6. The second kappa shape index (κ2) is 12.8. The third-order valence-corrected chi connectivity index (χ3v) is 6.74. The van der Waals surface area contributed by atoms with Gasteiger partial charge in [-0.2, -0.15) is 0 Å². The highest BCUT2D eigenvalue weighted by molar-refractivity contribution is 5.90. The van der Waals surface area contributed by atoms with Crippen molar-refractivity contribution in [2.24, 2.45) is 23.7 Å². The minimum absolute atomic E-state index is 0.125. The number of rotatable bonds is 10. The van der Waals surface area contributed by atoms with E-state index in [9.17, 15) is 19.2 Å². The van der Waals surface area contributed by atoms with E-state index < -0.39 is 30.1 Å². The first-order valence-corrected chi connectivity index (χ1v) is 12.2. The van der Waals surface area contributed by atoms with Gasteiger partial charge < -0.3 is 25.4 Å². The Labute approximate surface area is 197 Å². The number of nitrogens with one attached hydrogen (secondary N) is 3. The van der Waals surface area contributed by atoms with Crippen LogP contribution in [-0.4, -0.2) is 55.7 Å². The number of ether oxygens (including phenoxy) is 2. The Morgan fingerprint density at radius 1 is 1.00 bits per heavy atom. The fraction of sp³-hybridized carbons (Fsp3) is 0.833. The molecule has 0 bridgehead atoms. The molecule has 3 atom stereocenters. The van der Waals surface area contributed by atoms with Crippen molar-refractivity contribution in [1.82, 2.24) is 16.0 Å². The lowest BCUT2D eigenvalue weighted by Gasteiger charge is -2.31. The largest absolute Gasteiger partial charge is 0.467 e. The molecule has 2 aliphatic rings. The maximum atomic E-state index is 13.0. The summed E-state index contributed by atoms with van der Waals surface area (Å²) in [5.41, 5.74) is 0. The number of carbonyl (C=O) groups excluding carboxylic acids is 4. The molecule has 1 saturated carbocycles. The normalized spacial score (nSPS) is 24.7. The van der Waals surface area contributed by atoms with Crippen LogP contribution in [0, 0.1) is 23.7 Å². The number of carbonyl (C=O) groups is 4. The van der Waals surface area contributed by atoms with Crippen molar-refractivity contribution >= 4 is 23.9 Å². The maximum Gasteiger partial charge on any atom is 0.408 e. The van der Waals surface area contributed by atoms with Crippen LogP contribution in [-0.2, 0) is 23.9 Å². The van der Waals surface area contributed by atoms with Gasteiger partial charge in [0.15, 0.2) is 0 Å². The van der Waals surface area contributed by atoms with E-state index >= 15 is 0 Å². The van der Waals surface area contributed by atoms with Crippen molar-refractivity contribution in [1.29, 1.82) is 0 Å². The number of hydrogen-bond donors (Lipinski definition) is 3. The van der Waals surface area contributed by atoms with Crippen LogP contribution < -0.4 is 16.0 Å². The van der Waals surface area contributed by atoms with Gasteiger partial charge in [-0.25, -0.2) is 9.59 Å². The minimum atomic E-state index is -0.963. The molecule has 1 aliphatic heterocycles. The molecule has 1 saturated heterocycles. The summed E-state index contributed by atoms with van der Waals surface area (Å²) in [7, 11) is 1.24. The Hall–Kier alpha value is -2.32. The van der Waals surface area contributed by atoms with Gasteiger partial charge in [0.05, 0.1) is 7.11 Å². The number of esters is 1. The van der Waals surface area contributed by atoms with Crippen LogP contribution in [0.5, 0.6) is 0 Å². The molecule has 0 spiro atoms. The first kappa shape index (κ1) is 26.9. The molecule has 3 amide bonds. The first-order valence-electron chi connectivity index (χ1n) is 12.2. The number of methoxy groups -OCH3 is 1. The molecular weight excluding hydrogens is 426 g/mol. The predicted molar refractivity (Wildman–Crippen MR) is 123 cm³/mol. The summed E-state index contributed by atoms with van der Waals surface area (Å²) < 4.78 is 10.4. The second-order valence-corrected chi connectivity index (χ2v) is 10.1. The molecule has 0 aromatic rings. The zero-order valence-corrected chi connectivity index (χ0v) is 20.6. The van der Waals surface area contributed by atoms with Gasteiger partial charge in [0.1, 0.15) is 18.2 Å². The molecular formula is C24H41N3O6. The van der Waals surface area contributed by atoms with Crippen LogP contribution in [0.25, 0.3) is 0 Å². The van der Waals surface area contributed by atoms with Crippen molar-refractivity contribution in [3.63, 3.8) is 0 Å². The Kier molecular flexibility index (Phi) is 10.4. The summed E-state index contributed by atoms with van der Waals surface area (Å²) in [6.45, 7) is 8.87. The van der Waals surface area contributed by atoms with Crippen molar-refractivity contribution < 1.29 is 28.7 Å². The number of hydrogen-bond acceptors (Lipinski definition) is 6. The van der Waals surface area contributed by atoms with Crippen LogP contribution in [0.2, 0.25) is 0 Å². The molecule has 33 heavy (non-hydrogen) atoms. The van der Waals surface area contributed by atoms with Gasteiger partial charge >= 0.3 is 12.1 Å². The number of amides is 3. The summed E-state index contributed by atoms with van der Waals surface area (Å²) in [5.74, 6) is -0.197. The maximum absolute atomic E-state index is 13.0. The van der Waals surface area contributed by atoms with Crippen LogP contribution in [0.3, 0.4) is 0 Å².